The number of hydrogen-bond donors (Lipinski definition) is 3. The fourth-order valence-corrected chi connectivity index (χ4v) is 2.51. The Balaban J connectivity index is 3.08. The van der Waals surface area contributed by atoms with Crippen molar-refractivity contribution in [1.82, 2.24) is 4.72 Å². The van der Waals surface area contributed by atoms with Gasteiger partial charge in [-0.2, -0.15) is 0 Å². The number of hydrogen-bond acceptors (Lipinski definition) is 4. The van der Waals surface area contributed by atoms with Crippen molar-refractivity contribution < 1.29 is 22.3 Å². The molecule has 108 valence electrons. The molecular formula is C11H16F2N2O3S. The Kier molecular flexibility index (Phi) is 4.49. The summed E-state index contributed by atoms with van der Waals surface area (Å²) in [4.78, 5) is -0.878. The number of nitrogens with one attached hydrogen (secondary N) is 1. The average Bonchev–Trinajstić information content (AvgIpc) is 2.31. The van der Waals surface area contributed by atoms with Crippen molar-refractivity contribution in [3.8, 4) is 0 Å². The van der Waals surface area contributed by atoms with Crippen molar-refractivity contribution in [2.45, 2.75) is 30.8 Å². The van der Waals surface area contributed by atoms with Crippen LogP contribution in [-0.4, -0.2) is 25.7 Å². The summed E-state index contributed by atoms with van der Waals surface area (Å²) in [6, 6.07) is 1.51. The SMILES string of the molecule is CCC(C)(O)CNS(=O)(=O)c1cc(N)cc(F)c1F. The predicted octanol–water partition coefficient (Wildman–Crippen LogP) is 0.986. The largest absolute Gasteiger partial charge is 0.399 e. The number of benzene rings is 1. The number of rotatable bonds is 5. The summed E-state index contributed by atoms with van der Waals surface area (Å²) in [6.07, 6.45) is 0.295. The number of sulfonamides is 1. The highest BCUT2D eigenvalue weighted by molar-refractivity contribution is 7.89. The van der Waals surface area contributed by atoms with Gasteiger partial charge in [-0.15, -0.1) is 0 Å². The summed E-state index contributed by atoms with van der Waals surface area (Å²) in [5.41, 5.74) is 3.80. The van der Waals surface area contributed by atoms with E-state index in [9.17, 15) is 22.3 Å². The average molecular weight is 294 g/mol. The molecule has 0 fully saturated rings. The molecule has 0 heterocycles. The zero-order valence-corrected chi connectivity index (χ0v) is 11.4. The molecular weight excluding hydrogens is 278 g/mol. The van der Waals surface area contributed by atoms with Crippen LogP contribution in [0.15, 0.2) is 17.0 Å². The minimum atomic E-state index is -4.28. The Hall–Kier alpha value is -1.25. The van der Waals surface area contributed by atoms with Crippen LogP contribution in [0.1, 0.15) is 20.3 Å². The number of nitrogen functional groups attached to an aromatic ring is 1. The van der Waals surface area contributed by atoms with Crippen molar-refractivity contribution in [2.75, 3.05) is 12.3 Å². The summed E-state index contributed by atoms with van der Waals surface area (Å²) in [6.45, 7) is 2.77. The van der Waals surface area contributed by atoms with Crippen LogP contribution in [0.2, 0.25) is 0 Å². The van der Waals surface area contributed by atoms with Crippen LogP contribution in [0.3, 0.4) is 0 Å². The lowest BCUT2D eigenvalue weighted by Gasteiger charge is -2.21. The van der Waals surface area contributed by atoms with Crippen molar-refractivity contribution in [2.24, 2.45) is 0 Å². The van der Waals surface area contributed by atoms with Gasteiger partial charge in [-0.1, -0.05) is 6.92 Å². The van der Waals surface area contributed by atoms with Gasteiger partial charge in [0.25, 0.3) is 0 Å². The third kappa shape index (κ3) is 3.85. The molecule has 1 unspecified atom stereocenters. The fourth-order valence-electron chi connectivity index (χ4n) is 1.23. The van der Waals surface area contributed by atoms with Gasteiger partial charge < -0.3 is 10.8 Å². The Morgan fingerprint density at radius 2 is 2.00 bits per heavy atom. The highest BCUT2D eigenvalue weighted by Gasteiger charge is 2.26. The molecule has 0 amide bonds. The molecule has 0 aliphatic rings. The maximum atomic E-state index is 13.5. The zero-order valence-electron chi connectivity index (χ0n) is 10.6. The Morgan fingerprint density at radius 1 is 1.42 bits per heavy atom. The number of halogens is 2. The second kappa shape index (κ2) is 5.40. The topological polar surface area (TPSA) is 92.4 Å². The summed E-state index contributed by atoms with van der Waals surface area (Å²) < 4.78 is 52.3. The molecule has 0 bridgehead atoms. The molecule has 0 spiro atoms. The van der Waals surface area contributed by atoms with E-state index in [1.807, 2.05) is 4.72 Å². The predicted molar refractivity (Wildman–Crippen MR) is 66.9 cm³/mol. The van der Waals surface area contributed by atoms with Gasteiger partial charge in [0.2, 0.25) is 10.0 Å². The second-order valence-electron chi connectivity index (χ2n) is 4.49. The number of nitrogens with two attached hydrogens (primary N) is 1. The minimum Gasteiger partial charge on any atom is -0.399 e. The van der Waals surface area contributed by atoms with Crippen molar-refractivity contribution in [1.29, 1.82) is 0 Å². The van der Waals surface area contributed by atoms with E-state index in [1.54, 1.807) is 6.92 Å². The molecule has 5 nitrogen and oxygen atoms in total. The van der Waals surface area contributed by atoms with E-state index in [0.717, 1.165) is 6.07 Å². The Morgan fingerprint density at radius 3 is 2.53 bits per heavy atom. The molecule has 4 N–H and O–H groups in total. The molecule has 0 saturated heterocycles. The van der Waals surface area contributed by atoms with Crippen molar-refractivity contribution in [3.05, 3.63) is 23.8 Å². The Bertz CT molecular complexity index is 574. The Labute approximate surface area is 110 Å². The third-order valence-corrected chi connectivity index (χ3v) is 4.11. The molecule has 1 aromatic rings. The van der Waals surface area contributed by atoms with Gasteiger partial charge >= 0.3 is 0 Å². The smallest absolute Gasteiger partial charge is 0.243 e. The van der Waals surface area contributed by atoms with Gasteiger partial charge in [0.05, 0.1) is 5.60 Å². The molecule has 0 aliphatic carbocycles. The van der Waals surface area contributed by atoms with Gasteiger partial charge in [0, 0.05) is 12.2 Å². The van der Waals surface area contributed by atoms with Crippen LogP contribution < -0.4 is 10.5 Å². The van der Waals surface area contributed by atoms with Crippen LogP contribution in [0.4, 0.5) is 14.5 Å². The molecule has 0 radical (unpaired) electrons. The number of anilines is 1. The maximum absolute atomic E-state index is 13.5. The van der Waals surface area contributed by atoms with Crippen LogP contribution >= 0.6 is 0 Å². The molecule has 8 heteroatoms. The number of aliphatic hydroxyl groups is 1. The van der Waals surface area contributed by atoms with Gasteiger partial charge in [0.15, 0.2) is 11.6 Å². The fraction of sp³-hybridized carbons (Fsp3) is 0.455. The lowest BCUT2D eigenvalue weighted by Crippen LogP contribution is -2.40. The lowest BCUT2D eigenvalue weighted by molar-refractivity contribution is 0.0613. The van der Waals surface area contributed by atoms with Crippen molar-refractivity contribution >= 4 is 15.7 Å². The molecule has 0 saturated carbocycles. The molecule has 0 aromatic heterocycles. The zero-order chi connectivity index (χ0) is 14.8. The van der Waals surface area contributed by atoms with E-state index < -0.39 is 32.2 Å². The van der Waals surface area contributed by atoms with Gasteiger partial charge in [0.1, 0.15) is 4.90 Å². The molecule has 1 aromatic carbocycles. The monoisotopic (exact) mass is 294 g/mol. The van der Waals surface area contributed by atoms with Crippen LogP contribution in [0.25, 0.3) is 0 Å². The normalized spacial score (nSPS) is 15.2. The van der Waals surface area contributed by atoms with E-state index >= 15 is 0 Å². The van der Waals surface area contributed by atoms with Crippen LogP contribution in [-0.2, 0) is 10.0 Å². The molecule has 1 rings (SSSR count). The standard InChI is InChI=1S/C11H16F2N2O3S/c1-3-11(2,16)6-15-19(17,18)9-5-7(14)4-8(12)10(9)13/h4-5,15-16H,3,6,14H2,1-2H3. The first-order valence-electron chi connectivity index (χ1n) is 5.55. The quantitative estimate of drug-likeness (QED) is 0.706. The van der Waals surface area contributed by atoms with E-state index in [0.29, 0.717) is 12.5 Å². The van der Waals surface area contributed by atoms with Crippen LogP contribution in [0, 0.1) is 11.6 Å². The lowest BCUT2D eigenvalue weighted by atomic mass is 10.1. The summed E-state index contributed by atoms with van der Waals surface area (Å²) in [7, 11) is -4.28. The first kappa shape index (κ1) is 15.8. The molecule has 1 atom stereocenters. The first-order valence-corrected chi connectivity index (χ1v) is 7.04. The van der Waals surface area contributed by atoms with Crippen molar-refractivity contribution in [3.63, 3.8) is 0 Å². The highest BCUT2D eigenvalue weighted by atomic mass is 32.2. The molecule has 19 heavy (non-hydrogen) atoms. The van der Waals surface area contributed by atoms with Gasteiger partial charge in [-0.05, 0) is 25.5 Å². The van der Waals surface area contributed by atoms with E-state index in [4.69, 9.17) is 5.73 Å². The van der Waals surface area contributed by atoms with Crippen LogP contribution in [0.5, 0.6) is 0 Å². The first-order chi connectivity index (χ1) is 8.59. The summed E-state index contributed by atoms with van der Waals surface area (Å²) >= 11 is 0. The summed E-state index contributed by atoms with van der Waals surface area (Å²) in [5.74, 6) is -2.85. The minimum absolute atomic E-state index is 0.207. The third-order valence-electron chi connectivity index (χ3n) is 2.71. The second-order valence-corrected chi connectivity index (χ2v) is 6.23. The van der Waals surface area contributed by atoms with E-state index in [-0.39, 0.29) is 12.2 Å². The maximum Gasteiger partial charge on any atom is 0.243 e. The van der Waals surface area contributed by atoms with E-state index in [2.05, 4.69) is 0 Å². The van der Waals surface area contributed by atoms with E-state index in [1.165, 1.54) is 6.92 Å². The summed E-state index contributed by atoms with van der Waals surface area (Å²) in [5, 5.41) is 9.69. The van der Waals surface area contributed by atoms with Gasteiger partial charge in [-0.3, -0.25) is 0 Å². The molecule has 0 aliphatic heterocycles. The van der Waals surface area contributed by atoms with Gasteiger partial charge in [-0.25, -0.2) is 21.9 Å². The highest BCUT2D eigenvalue weighted by Crippen LogP contribution is 2.21.